The topological polar surface area (TPSA) is 102 Å². The molecule has 0 unspecified atom stereocenters. The van der Waals surface area contributed by atoms with Gasteiger partial charge in [0.1, 0.15) is 0 Å². The molecule has 0 fully saturated rings. The molecule has 0 saturated carbocycles. The average Bonchev–Trinajstić information content (AvgIpc) is 2.63. The van der Waals surface area contributed by atoms with Gasteiger partial charge in [-0.1, -0.05) is 6.07 Å². The lowest BCUT2D eigenvalue weighted by Crippen LogP contribution is -2.39. The number of hydrogen-bond donors (Lipinski definition) is 2. The maximum Gasteiger partial charge on any atom is 0.338 e. The summed E-state index contributed by atoms with van der Waals surface area (Å²) in [4.78, 5) is 24.2. The van der Waals surface area contributed by atoms with E-state index in [1.165, 1.54) is 31.2 Å². The largest absolute Gasteiger partial charge is 0.449 e. The minimum atomic E-state index is -3.75. The summed E-state index contributed by atoms with van der Waals surface area (Å²) in [5.74, 6) is -1.05. The number of amides is 1. The van der Waals surface area contributed by atoms with Crippen LogP contribution in [-0.4, -0.2) is 32.4 Å². The van der Waals surface area contributed by atoms with Crippen molar-refractivity contribution in [2.45, 2.75) is 51.7 Å². The first kappa shape index (κ1) is 22.4. The van der Waals surface area contributed by atoms with Gasteiger partial charge in [-0.05, 0) is 82.1 Å². The van der Waals surface area contributed by atoms with E-state index in [4.69, 9.17) is 4.74 Å². The van der Waals surface area contributed by atoms with Crippen molar-refractivity contribution in [2.75, 3.05) is 4.72 Å². The first-order valence-electron chi connectivity index (χ1n) is 9.21. The van der Waals surface area contributed by atoms with Crippen molar-refractivity contribution in [3.8, 4) is 0 Å². The van der Waals surface area contributed by atoms with Crippen LogP contribution in [0.1, 0.15) is 42.3 Å². The summed E-state index contributed by atoms with van der Waals surface area (Å²) >= 11 is 0. The predicted molar refractivity (Wildman–Crippen MR) is 111 cm³/mol. The Kier molecular flexibility index (Phi) is 7.02. The SMILES string of the molecule is Cc1ccc(S(=O)(=O)Nc2ccc(C(=O)O[C@H](C)C(=O)NC(C)C)cc2)cc1C. The molecule has 0 spiro atoms. The molecule has 1 atom stereocenters. The summed E-state index contributed by atoms with van der Waals surface area (Å²) in [7, 11) is -3.75. The Morgan fingerprint density at radius 1 is 0.931 bits per heavy atom. The summed E-state index contributed by atoms with van der Waals surface area (Å²) in [5, 5.41) is 2.66. The molecular formula is C21H26N2O5S. The lowest BCUT2D eigenvalue weighted by molar-refractivity contribution is -0.129. The van der Waals surface area contributed by atoms with Gasteiger partial charge in [-0.2, -0.15) is 0 Å². The third-order valence-electron chi connectivity index (χ3n) is 4.25. The van der Waals surface area contributed by atoms with E-state index in [9.17, 15) is 18.0 Å². The molecule has 0 aliphatic rings. The van der Waals surface area contributed by atoms with Crippen LogP contribution in [0.5, 0.6) is 0 Å². The number of anilines is 1. The number of ether oxygens (including phenoxy) is 1. The highest BCUT2D eigenvalue weighted by Gasteiger charge is 2.20. The summed E-state index contributed by atoms with van der Waals surface area (Å²) < 4.78 is 32.7. The quantitative estimate of drug-likeness (QED) is 0.673. The molecule has 0 radical (unpaired) electrons. The first-order valence-corrected chi connectivity index (χ1v) is 10.7. The van der Waals surface area contributed by atoms with E-state index >= 15 is 0 Å². The number of aryl methyl sites for hydroxylation is 2. The van der Waals surface area contributed by atoms with Crippen LogP contribution in [0.25, 0.3) is 0 Å². The van der Waals surface area contributed by atoms with Crippen LogP contribution in [-0.2, 0) is 19.6 Å². The molecule has 0 bridgehead atoms. The van der Waals surface area contributed by atoms with Crippen molar-refractivity contribution in [1.82, 2.24) is 5.32 Å². The Bertz CT molecular complexity index is 998. The number of esters is 1. The molecule has 156 valence electrons. The smallest absolute Gasteiger partial charge is 0.338 e. The number of hydrogen-bond acceptors (Lipinski definition) is 5. The molecule has 2 N–H and O–H groups in total. The predicted octanol–water partition coefficient (Wildman–Crippen LogP) is 3.17. The summed E-state index contributed by atoms with van der Waals surface area (Å²) in [6.07, 6.45) is -0.937. The molecule has 2 aromatic rings. The van der Waals surface area contributed by atoms with Crippen LogP contribution < -0.4 is 10.0 Å². The van der Waals surface area contributed by atoms with Gasteiger partial charge in [0.05, 0.1) is 10.5 Å². The molecular weight excluding hydrogens is 392 g/mol. The van der Waals surface area contributed by atoms with Crippen LogP contribution in [0, 0.1) is 13.8 Å². The normalized spacial score (nSPS) is 12.3. The van der Waals surface area contributed by atoms with E-state index in [0.717, 1.165) is 11.1 Å². The van der Waals surface area contributed by atoms with Gasteiger partial charge in [-0.15, -0.1) is 0 Å². The van der Waals surface area contributed by atoms with Crippen molar-refractivity contribution >= 4 is 27.6 Å². The molecule has 0 aliphatic heterocycles. The molecule has 8 heteroatoms. The molecule has 0 aromatic heterocycles. The maximum absolute atomic E-state index is 12.5. The fourth-order valence-corrected chi connectivity index (χ4v) is 3.60. The fraction of sp³-hybridized carbons (Fsp3) is 0.333. The first-order chi connectivity index (χ1) is 13.5. The van der Waals surface area contributed by atoms with Gasteiger partial charge < -0.3 is 10.1 Å². The van der Waals surface area contributed by atoms with Crippen molar-refractivity contribution in [1.29, 1.82) is 0 Å². The lowest BCUT2D eigenvalue weighted by atomic mass is 10.1. The second-order valence-electron chi connectivity index (χ2n) is 7.14. The Morgan fingerprint density at radius 3 is 2.10 bits per heavy atom. The van der Waals surface area contributed by atoms with Gasteiger partial charge in [0.2, 0.25) is 0 Å². The summed E-state index contributed by atoms with van der Waals surface area (Å²) in [6, 6.07) is 10.6. The van der Waals surface area contributed by atoms with Gasteiger partial charge in [0.15, 0.2) is 6.10 Å². The number of rotatable bonds is 7. The molecule has 0 saturated heterocycles. The zero-order valence-corrected chi connectivity index (χ0v) is 18.0. The van der Waals surface area contributed by atoms with Crippen molar-refractivity contribution in [2.24, 2.45) is 0 Å². The monoisotopic (exact) mass is 418 g/mol. The number of carbonyl (C=O) groups excluding carboxylic acids is 2. The minimum absolute atomic E-state index is 0.0618. The zero-order chi connectivity index (χ0) is 21.8. The highest BCUT2D eigenvalue weighted by atomic mass is 32.2. The van der Waals surface area contributed by atoms with E-state index in [0.29, 0.717) is 5.69 Å². The number of benzene rings is 2. The van der Waals surface area contributed by atoms with E-state index in [1.54, 1.807) is 18.2 Å². The van der Waals surface area contributed by atoms with Gasteiger partial charge in [0, 0.05) is 11.7 Å². The molecule has 1 amide bonds. The lowest BCUT2D eigenvalue weighted by Gasteiger charge is -2.15. The molecule has 2 aromatic carbocycles. The van der Waals surface area contributed by atoms with E-state index < -0.39 is 22.1 Å². The third kappa shape index (κ3) is 6.05. The van der Waals surface area contributed by atoms with Crippen LogP contribution in [0.3, 0.4) is 0 Å². The Balaban J connectivity index is 2.06. The van der Waals surface area contributed by atoms with Crippen LogP contribution in [0.4, 0.5) is 5.69 Å². The van der Waals surface area contributed by atoms with Gasteiger partial charge >= 0.3 is 5.97 Å². The maximum atomic E-state index is 12.5. The second kappa shape index (κ2) is 9.09. The van der Waals surface area contributed by atoms with E-state index in [1.807, 2.05) is 27.7 Å². The highest BCUT2D eigenvalue weighted by molar-refractivity contribution is 7.92. The minimum Gasteiger partial charge on any atom is -0.449 e. The Hall–Kier alpha value is -2.87. The number of sulfonamides is 1. The Labute approximate surface area is 171 Å². The molecule has 2 rings (SSSR count). The molecule has 7 nitrogen and oxygen atoms in total. The standard InChI is InChI=1S/C21H26N2O5S/c1-13(2)22-20(24)16(5)28-21(25)17-7-9-18(10-8-17)23-29(26,27)19-11-6-14(3)15(4)12-19/h6-13,16,23H,1-5H3,(H,22,24)/t16-/m1/s1. The van der Waals surface area contributed by atoms with Crippen LogP contribution in [0.15, 0.2) is 47.4 Å². The van der Waals surface area contributed by atoms with E-state index in [-0.39, 0.29) is 22.4 Å². The van der Waals surface area contributed by atoms with Crippen LogP contribution >= 0.6 is 0 Å². The summed E-state index contributed by atoms with van der Waals surface area (Å²) in [5.41, 5.74) is 2.40. The van der Waals surface area contributed by atoms with E-state index in [2.05, 4.69) is 10.0 Å². The summed E-state index contributed by atoms with van der Waals surface area (Å²) in [6.45, 7) is 8.86. The second-order valence-corrected chi connectivity index (χ2v) is 8.82. The van der Waals surface area contributed by atoms with Gasteiger partial charge in [-0.25, -0.2) is 13.2 Å². The van der Waals surface area contributed by atoms with Crippen molar-refractivity contribution in [3.05, 3.63) is 59.2 Å². The highest BCUT2D eigenvalue weighted by Crippen LogP contribution is 2.19. The van der Waals surface area contributed by atoms with Crippen LogP contribution in [0.2, 0.25) is 0 Å². The van der Waals surface area contributed by atoms with Crippen molar-refractivity contribution < 1.29 is 22.7 Å². The van der Waals surface area contributed by atoms with Crippen molar-refractivity contribution in [3.63, 3.8) is 0 Å². The zero-order valence-electron chi connectivity index (χ0n) is 17.1. The molecule has 29 heavy (non-hydrogen) atoms. The Morgan fingerprint density at radius 2 is 1.55 bits per heavy atom. The third-order valence-corrected chi connectivity index (χ3v) is 5.62. The van der Waals surface area contributed by atoms with Gasteiger partial charge in [-0.3, -0.25) is 9.52 Å². The average molecular weight is 419 g/mol. The number of nitrogens with one attached hydrogen (secondary N) is 2. The number of carbonyl (C=O) groups is 2. The van der Waals surface area contributed by atoms with Gasteiger partial charge in [0.25, 0.3) is 15.9 Å². The molecule has 0 heterocycles. The molecule has 0 aliphatic carbocycles. The fourth-order valence-electron chi connectivity index (χ4n) is 2.45.